The van der Waals surface area contributed by atoms with E-state index in [-0.39, 0.29) is 12.3 Å². The summed E-state index contributed by atoms with van der Waals surface area (Å²) in [5.41, 5.74) is 0. The third-order valence-corrected chi connectivity index (χ3v) is 22.4. The Hall–Kier alpha value is -2.78. The number of rotatable bonds is 55. The monoisotopic (exact) mass is 1640 g/mol. The number of carbonyl (C=O) groups is 2. The minimum absolute atomic E-state index is 0.166. The standard InChI is InChI=1S/C80H144N2O32/c1-5-7-9-11-13-15-17-19-20-21-22-23-24-25-26-28-30-32-34-36-38-40-56(90)82-49(50(89)39-37-35-33-31-29-27-18-16-14-12-10-8-6-2)46-103-76-67(100)64(97)70(54(44-86)109-76)110-79-68(101)73(60(93)52(42-84)106-79)113-75-57(81-48(4)88)72(112-77-65(98)62(95)58(91)47(3)104-77)71(55(45-87)108-75)111-80-69(102)74(61(94)53(43-85)107-80)114-78-66(99)63(96)59(92)51(41-83)105-78/h19-20,37,39,47,49-55,57-80,83-87,89,91-102H,5-18,21-36,38,40-46H2,1-4H3,(H,81,88)(H,82,90)/b20-19-,39-37+/t47?,49-,50+,51?,52?,53?,54?,55?,57?,58+,59-,60-,61-,62?,63-,64+,65-,66?,67?,68?,69?,70+,71+,72+,73-,74-,75-,76+,77+,78+,79-,80-/m0/s1. The Morgan fingerprint density at radius 2 is 0.711 bits per heavy atom. The molecule has 20 N–H and O–H groups in total. The van der Waals surface area contributed by atoms with Crippen LogP contribution in [-0.2, 0) is 66.4 Å². The van der Waals surface area contributed by atoms with Gasteiger partial charge in [-0.2, -0.15) is 0 Å². The van der Waals surface area contributed by atoms with Gasteiger partial charge in [-0.3, -0.25) is 9.59 Å². The van der Waals surface area contributed by atoms with Crippen molar-refractivity contribution in [3.63, 3.8) is 0 Å². The minimum atomic E-state index is -2.25. The molecule has 2 amide bonds. The van der Waals surface area contributed by atoms with Crippen LogP contribution >= 0.6 is 0 Å². The lowest BCUT2D eigenvalue weighted by atomic mass is 9.93. The van der Waals surface area contributed by atoms with E-state index < -0.39 is 242 Å². The lowest BCUT2D eigenvalue weighted by Gasteiger charge is -2.52. The molecule has 6 heterocycles. The van der Waals surface area contributed by atoms with Crippen molar-refractivity contribution in [3.05, 3.63) is 24.3 Å². The highest BCUT2D eigenvalue weighted by molar-refractivity contribution is 5.76. The molecular formula is C80H144N2O32. The Morgan fingerprint density at radius 1 is 0.360 bits per heavy atom. The molecule has 114 heavy (non-hydrogen) atoms. The Balaban J connectivity index is 1.11. The summed E-state index contributed by atoms with van der Waals surface area (Å²) in [4.78, 5) is 27.0. The van der Waals surface area contributed by atoms with Gasteiger partial charge in [0.2, 0.25) is 11.8 Å². The van der Waals surface area contributed by atoms with Crippen LogP contribution in [0.5, 0.6) is 0 Å². The number of carbonyl (C=O) groups excluding carboxylic acids is 2. The van der Waals surface area contributed by atoms with Crippen molar-refractivity contribution in [1.82, 2.24) is 10.6 Å². The van der Waals surface area contributed by atoms with Crippen LogP contribution in [0.3, 0.4) is 0 Å². The first-order valence-electron chi connectivity index (χ1n) is 42.5. The number of allylic oxidation sites excluding steroid dienone is 3. The van der Waals surface area contributed by atoms with Gasteiger partial charge in [0.15, 0.2) is 37.7 Å². The van der Waals surface area contributed by atoms with Crippen molar-refractivity contribution in [1.29, 1.82) is 0 Å². The fraction of sp³-hybridized carbons (Fsp3) is 0.925. The van der Waals surface area contributed by atoms with Crippen LogP contribution in [0.1, 0.15) is 233 Å². The molecule has 6 aliphatic heterocycles. The molecule has 6 rings (SSSR count). The third kappa shape index (κ3) is 31.3. The number of unbranched alkanes of at least 4 members (excludes halogenated alkanes) is 28. The van der Waals surface area contributed by atoms with Gasteiger partial charge in [0.25, 0.3) is 0 Å². The minimum Gasteiger partial charge on any atom is -0.394 e. The number of hydrogen-bond acceptors (Lipinski definition) is 32. The van der Waals surface area contributed by atoms with Crippen molar-refractivity contribution in [2.75, 3.05) is 39.6 Å². The highest BCUT2D eigenvalue weighted by Crippen LogP contribution is 2.39. The van der Waals surface area contributed by atoms with E-state index in [1.165, 1.54) is 135 Å². The van der Waals surface area contributed by atoms with E-state index in [9.17, 15) is 102 Å². The first-order valence-corrected chi connectivity index (χ1v) is 42.5. The van der Waals surface area contributed by atoms with E-state index in [1.54, 1.807) is 6.08 Å². The fourth-order valence-corrected chi connectivity index (χ4v) is 15.4. The summed E-state index contributed by atoms with van der Waals surface area (Å²) in [5.74, 6) is -1.25. The Labute approximate surface area is 671 Å². The van der Waals surface area contributed by atoms with Gasteiger partial charge in [-0.25, -0.2) is 0 Å². The summed E-state index contributed by atoms with van der Waals surface area (Å²) in [7, 11) is 0. The largest absolute Gasteiger partial charge is 0.394 e. The van der Waals surface area contributed by atoms with Gasteiger partial charge >= 0.3 is 0 Å². The number of nitrogens with one attached hydrogen (secondary N) is 2. The molecule has 32 atom stereocenters. The van der Waals surface area contributed by atoms with Crippen molar-refractivity contribution in [2.45, 2.75) is 429 Å². The van der Waals surface area contributed by atoms with Crippen LogP contribution in [0.15, 0.2) is 24.3 Å². The van der Waals surface area contributed by atoms with E-state index in [2.05, 4.69) is 36.6 Å². The summed E-state index contributed by atoms with van der Waals surface area (Å²) >= 11 is 0. The smallest absolute Gasteiger partial charge is 0.220 e. The molecule has 6 aliphatic rings. The van der Waals surface area contributed by atoms with Crippen molar-refractivity contribution < 1.29 is 158 Å². The molecule has 0 aromatic rings. The SMILES string of the molecule is CCCCCCCC/C=C\CCCCCCCCCCCCCC(=O)N[C@@H](CO[C@@H]1OC(CO)[C@@H](O[C@@H]2OC(CO)[C@H](O)[C@H](O[C@@H]3OC(CO)[C@@H](O[C@@H]4OC(CO)[C@H](O)[C@H](O[C@H]5OC(CO)[C@H](O)[C@H](O)C5O)C4O)[C@H](O[C@H]4OC(C)[C@@H](O)C(O)[C@@H]4O)C3NC(C)=O)C2O)[C@H](O)C1O)[C@H](O)/C=C/CCCCCCCCCCCCC. The summed E-state index contributed by atoms with van der Waals surface area (Å²) in [5, 5.41) is 206. The van der Waals surface area contributed by atoms with E-state index in [4.69, 9.17) is 56.8 Å². The number of aliphatic hydroxyl groups excluding tert-OH is 18. The predicted octanol–water partition coefficient (Wildman–Crippen LogP) is 0.576. The molecule has 34 nitrogen and oxygen atoms in total. The molecular weight excluding hydrogens is 1500 g/mol. The highest BCUT2D eigenvalue weighted by Gasteiger charge is 2.59. The highest BCUT2D eigenvalue weighted by atomic mass is 16.8. The third-order valence-electron chi connectivity index (χ3n) is 22.4. The molecule has 0 aromatic heterocycles. The second-order valence-corrected chi connectivity index (χ2v) is 31.7. The van der Waals surface area contributed by atoms with E-state index in [0.717, 1.165) is 64.7 Å². The number of hydrogen-bond donors (Lipinski definition) is 20. The average molecular weight is 1650 g/mol. The van der Waals surface area contributed by atoms with Gasteiger partial charge in [0.05, 0.1) is 57.9 Å². The van der Waals surface area contributed by atoms with Crippen molar-refractivity contribution in [2.24, 2.45) is 0 Å². The first-order chi connectivity index (χ1) is 54.9. The summed E-state index contributed by atoms with van der Waals surface area (Å²) in [6.45, 7) is 1.25. The maximum Gasteiger partial charge on any atom is 0.220 e. The molecule has 0 spiro atoms. The van der Waals surface area contributed by atoms with Crippen LogP contribution in [0, 0.1) is 0 Å². The summed E-state index contributed by atoms with van der Waals surface area (Å²) in [6, 6.07) is -2.97. The zero-order chi connectivity index (χ0) is 83.2. The van der Waals surface area contributed by atoms with Crippen LogP contribution in [0.4, 0.5) is 0 Å². The Morgan fingerprint density at radius 3 is 1.18 bits per heavy atom. The molecule has 12 unspecified atom stereocenters. The topological polar surface area (TPSA) is 533 Å². The van der Waals surface area contributed by atoms with E-state index >= 15 is 0 Å². The lowest BCUT2D eigenvalue weighted by molar-refractivity contribution is -0.397. The summed E-state index contributed by atoms with van der Waals surface area (Å²) < 4.78 is 71.8. The van der Waals surface area contributed by atoms with Gasteiger partial charge in [-0.05, 0) is 51.9 Å². The van der Waals surface area contributed by atoms with Gasteiger partial charge in [0, 0.05) is 13.3 Å². The maximum atomic E-state index is 13.6. The van der Waals surface area contributed by atoms with Crippen LogP contribution in [0.25, 0.3) is 0 Å². The lowest BCUT2D eigenvalue weighted by Crippen LogP contribution is -2.71. The van der Waals surface area contributed by atoms with E-state index in [1.807, 2.05) is 6.08 Å². The predicted molar refractivity (Wildman–Crippen MR) is 408 cm³/mol. The van der Waals surface area contributed by atoms with E-state index in [0.29, 0.717) is 12.8 Å². The van der Waals surface area contributed by atoms with Gasteiger partial charge in [-0.1, -0.05) is 192 Å². The zero-order valence-electron chi connectivity index (χ0n) is 67.4. The normalized spacial score (nSPS) is 36.9. The quantitative estimate of drug-likeness (QED) is 0.0292. The second kappa shape index (κ2) is 54.6. The molecule has 34 heteroatoms. The molecule has 666 valence electrons. The molecule has 6 fully saturated rings. The number of ether oxygens (including phenoxy) is 12. The Bertz CT molecular complexity index is 2610. The van der Waals surface area contributed by atoms with Crippen molar-refractivity contribution in [3.8, 4) is 0 Å². The van der Waals surface area contributed by atoms with Crippen LogP contribution in [-0.4, -0.2) is 340 Å². The van der Waals surface area contributed by atoms with Gasteiger partial charge in [-0.15, -0.1) is 0 Å². The molecule has 0 radical (unpaired) electrons. The molecule has 0 aliphatic carbocycles. The van der Waals surface area contributed by atoms with Crippen LogP contribution in [0.2, 0.25) is 0 Å². The fourth-order valence-electron chi connectivity index (χ4n) is 15.4. The summed E-state index contributed by atoms with van der Waals surface area (Å²) in [6.07, 6.45) is -13.4. The van der Waals surface area contributed by atoms with Crippen molar-refractivity contribution >= 4 is 11.8 Å². The second-order valence-electron chi connectivity index (χ2n) is 31.7. The van der Waals surface area contributed by atoms with Gasteiger partial charge < -0.3 is 159 Å². The van der Waals surface area contributed by atoms with Crippen LogP contribution < -0.4 is 10.6 Å². The van der Waals surface area contributed by atoms with Gasteiger partial charge in [0.1, 0.15) is 140 Å². The molecule has 0 aromatic carbocycles. The first kappa shape index (κ1) is 100. The number of amides is 2. The Kier molecular flexibility index (Phi) is 47.9. The molecule has 0 bridgehead atoms. The maximum absolute atomic E-state index is 13.6. The molecule has 6 saturated heterocycles. The zero-order valence-corrected chi connectivity index (χ0v) is 67.4. The average Bonchev–Trinajstić information content (AvgIpc) is 0.762. The number of aliphatic hydroxyl groups is 18. The molecule has 0 saturated carbocycles.